The highest BCUT2D eigenvalue weighted by atomic mass is 16.5. The summed E-state index contributed by atoms with van der Waals surface area (Å²) in [6, 6.07) is 5.07. The maximum absolute atomic E-state index is 12.5. The third-order valence-corrected chi connectivity index (χ3v) is 4.95. The Morgan fingerprint density at radius 2 is 1.97 bits per heavy atom. The van der Waals surface area contributed by atoms with Crippen molar-refractivity contribution in [2.75, 3.05) is 31.1 Å². The van der Waals surface area contributed by atoms with Crippen molar-refractivity contribution in [1.29, 1.82) is 0 Å². The molecule has 0 saturated carbocycles. The Morgan fingerprint density at radius 1 is 1.17 bits per heavy atom. The Kier molecular flexibility index (Phi) is 5.42. The van der Waals surface area contributed by atoms with Crippen LogP contribution in [0.5, 0.6) is 0 Å². The molecule has 4 rings (SSSR count). The van der Waals surface area contributed by atoms with Gasteiger partial charge in [-0.1, -0.05) is 5.16 Å². The molecular formula is C19H21N7O4. The third-order valence-electron chi connectivity index (χ3n) is 4.95. The summed E-state index contributed by atoms with van der Waals surface area (Å²) in [5.74, 6) is 1.80. The SMILES string of the molecule is Cc1nc(-c2ccc(N3CCN(C(=O)CCn4ccc(=O)[nH]c4=O)CC3)nc2)no1. The van der Waals surface area contributed by atoms with Crippen LogP contribution in [0.2, 0.25) is 0 Å². The van der Waals surface area contributed by atoms with Crippen LogP contribution in [0.4, 0.5) is 5.82 Å². The molecule has 3 aromatic heterocycles. The zero-order valence-electron chi connectivity index (χ0n) is 16.4. The van der Waals surface area contributed by atoms with E-state index in [2.05, 4.69) is 25.0 Å². The monoisotopic (exact) mass is 411 g/mol. The van der Waals surface area contributed by atoms with Gasteiger partial charge in [-0.05, 0) is 12.1 Å². The zero-order chi connectivity index (χ0) is 21.1. The first-order chi connectivity index (χ1) is 14.5. The minimum atomic E-state index is -0.509. The number of piperazine rings is 1. The number of rotatable bonds is 5. The van der Waals surface area contributed by atoms with E-state index in [9.17, 15) is 14.4 Å². The van der Waals surface area contributed by atoms with E-state index >= 15 is 0 Å². The molecule has 1 fully saturated rings. The zero-order valence-corrected chi connectivity index (χ0v) is 16.4. The Morgan fingerprint density at radius 3 is 2.60 bits per heavy atom. The van der Waals surface area contributed by atoms with Crippen molar-refractivity contribution in [2.24, 2.45) is 0 Å². The molecule has 3 aromatic rings. The molecule has 1 amide bonds. The fourth-order valence-corrected chi connectivity index (χ4v) is 3.30. The largest absolute Gasteiger partial charge is 0.353 e. The standard InChI is InChI=1S/C19H21N7O4/c1-13-21-18(23-30-13)14-2-3-15(20-12-14)24-8-10-25(11-9-24)17(28)5-7-26-6-4-16(27)22-19(26)29/h2-4,6,12H,5,7-11H2,1H3,(H,22,27,29). The van der Waals surface area contributed by atoms with Crippen molar-refractivity contribution in [3.8, 4) is 11.4 Å². The van der Waals surface area contributed by atoms with Gasteiger partial charge in [-0.2, -0.15) is 4.98 Å². The normalized spacial score (nSPS) is 14.2. The maximum atomic E-state index is 12.5. The lowest BCUT2D eigenvalue weighted by Gasteiger charge is -2.35. The second kappa shape index (κ2) is 8.31. The summed E-state index contributed by atoms with van der Waals surface area (Å²) in [6.45, 7) is 4.45. The van der Waals surface area contributed by atoms with Gasteiger partial charge in [0.2, 0.25) is 17.6 Å². The van der Waals surface area contributed by atoms with Crippen LogP contribution in [-0.2, 0) is 11.3 Å². The van der Waals surface area contributed by atoms with Gasteiger partial charge >= 0.3 is 5.69 Å². The second-order valence-electron chi connectivity index (χ2n) is 6.96. The van der Waals surface area contributed by atoms with Crippen molar-refractivity contribution in [3.05, 3.63) is 57.3 Å². The fourth-order valence-electron chi connectivity index (χ4n) is 3.30. The van der Waals surface area contributed by atoms with Crippen molar-refractivity contribution in [2.45, 2.75) is 19.9 Å². The van der Waals surface area contributed by atoms with Crippen LogP contribution >= 0.6 is 0 Å². The average Bonchev–Trinajstić information content (AvgIpc) is 3.19. The summed E-state index contributed by atoms with van der Waals surface area (Å²) in [7, 11) is 0. The molecule has 0 spiro atoms. The van der Waals surface area contributed by atoms with Gasteiger partial charge in [0.1, 0.15) is 5.82 Å². The predicted molar refractivity (Wildman–Crippen MR) is 107 cm³/mol. The van der Waals surface area contributed by atoms with Crippen LogP contribution in [0.15, 0.2) is 44.7 Å². The summed E-state index contributed by atoms with van der Waals surface area (Å²) >= 11 is 0. The third kappa shape index (κ3) is 4.29. The van der Waals surface area contributed by atoms with Crippen molar-refractivity contribution in [1.82, 2.24) is 29.6 Å². The lowest BCUT2D eigenvalue weighted by molar-refractivity contribution is -0.131. The predicted octanol–water partition coefficient (Wildman–Crippen LogP) is 0.0289. The number of hydrogen-bond acceptors (Lipinski definition) is 8. The van der Waals surface area contributed by atoms with Crippen LogP contribution < -0.4 is 16.1 Å². The molecule has 11 heteroatoms. The van der Waals surface area contributed by atoms with E-state index in [1.807, 2.05) is 12.1 Å². The summed E-state index contributed by atoms with van der Waals surface area (Å²) in [5.41, 5.74) is -0.180. The van der Waals surface area contributed by atoms with E-state index < -0.39 is 11.2 Å². The number of H-pyrrole nitrogens is 1. The highest BCUT2D eigenvalue weighted by Crippen LogP contribution is 2.19. The first kappa shape index (κ1) is 19.6. The number of pyridine rings is 1. The molecule has 0 aromatic carbocycles. The van der Waals surface area contributed by atoms with E-state index in [4.69, 9.17) is 4.52 Å². The van der Waals surface area contributed by atoms with E-state index in [1.165, 1.54) is 16.8 Å². The molecule has 1 N–H and O–H groups in total. The van der Waals surface area contributed by atoms with Gasteiger partial charge in [-0.25, -0.2) is 9.78 Å². The van der Waals surface area contributed by atoms with Crippen LogP contribution in [0.1, 0.15) is 12.3 Å². The molecule has 11 nitrogen and oxygen atoms in total. The van der Waals surface area contributed by atoms with Crippen LogP contribution in [0.25, 0.3) is 11.4 Å². The van der Waals surface area contributed by atoms with Crippen molar-refractivity contribution in [3.63, 3.8) is 0 Å². The first-order valence-electron chi connectivity index (χ1n) is 9.59. The number of anilines is 1. The highest BCUT2D eigenvalue weighted by Gasteiger charge is 2.22. The first-order valence-corrected chi connectivity index (χ1v) is 9.59. The molecule has 0 bridgehead atoms. The van der Waals surface area contributed by atoms with Crippen LogP contribution in [0, 0.1) is 6.92 Å². The van der Waals surface area contributed by atoms with Crippen molar-refractivity contribution < 1.29 is 9.32 Å². The molecule has 1 aliphatic heterocycles. The summed E-state index contributed by atoms with van der Waals surface area (Å²) in [6.07, 6.45) is 3.31. The van der Waals surface area contributed by atoms with Crippen molar-refractivity contribution >= 4 is 11.7 Å². The summed E-state index contributed by atoms with van der Waals surface area (Å²) in [4.78, 5) is 50.0. The second-order valence-corrected chi connectivity index (χ2v) is 6.96. The molecule has 156 valence electrons. The minimum absolute atomic E-state index is 0.0245. The maximum Gasteiger partial charge on any atom is 0.328 e. The average molecular weight is 411 g/mol. The van der Waals surface area contributed by atoms with E-state index in [1.54, 1.807) is 18.0 Å². The van der Waals surface area contributed by atoms with E-state index in [-0.39, 0.29) is 18.9 Å². The van der Waals surface area contributed by atoms with Gasteiger partial charge in [-0.3, -0.25) is 14.6 Å². The summed E-state index contributed by atoms with van der Waals surface area (Å²) < 4.78 is 6.31. The molecule has 0 aliphatic carbocycles. The van der Waals surface area contributed by atoms with Gasteiger partial charge in [0.15, 0.2) is 0 Å². The number of aromatic amines is 1. The topological polar surface area (TPSA) is 130 Å². The highest BCUT2D eigenvalue weighted by molar-refractivity contribution is 5.76. The Balaban J connectivity index is 1.30. The lowest BCUT2D eigenvalue weighted by Crippen LogP contribution is -2.49. The van der Waals surface area contributed by atoms with Gasteiger partial charge in [-0.15, -0.1) is 0 Å². The number of nitrogens with one attached hydrogen (secondary N) is 1. The van der Waals surface area contributed by atoms with Crippen LogP contribution in [-0.4, -0.2) is 61.7 Å². The molecule has 1 saturated heterocycles. The Hall–Kier alpha value is -3.76. The van der Waals surface area contributed by atoms with Gasteiger partial charge in [0, 0.05) is 70.1 Å². The number of aryl methyl sites for hydroxylation is 2. The number of aromatic nitrogens is 5. The minimum Gasteiger partial charge on any atom is -0.353 e. The molecular weight excluding hydrogens is 390 g/mol. The number of nitrogens with zero attached hydrogens (tertiary/aromatic N) is 6. The Bertz CT molecular complexity index is 1140. The van der Waals surface area contributed by atoms with Gasteiger partial charge < -0.3 is 18.9 Å². The van der Waals surface area contributed by atoms with Crippen LogP contribution in [0.3, 0.4) is 0 Å². The quantitative estimate of drug-likeness (QED) is 0.622. The Labute approximate surface area is 171 Å². The fraction of sp³-hybridized carbons (Fsp3) is 0.368. The lowest BCUT2D eigenvalue weighted by atomic mass is 10.2. The number of carbonyl (C=O) groups is 1. The number of hydrogen-bond donors (Lipinski definition) is 1. The smallest absolute Gasteiger partial charge is 0.328 e. The molecule has 0 radical (unpaired) electrons. The van der Waals surface area contributed by atoms with Gasteiger partial charge in [0.05, 0.1) is 0 Å². The number of amides is 1. The van der Waals surface area contributed by atoms with E-state index in [0.717, 1.165) is 11.4 Å². The van der Waals surface area contributed by atoms with Gasteiger partial charge in [0.25, 0.3) is 5.56 Å². The molecule has 4 heterocycles. The summed E-state index contributed by atoms with van der Waals surface area (Å²) in [5, 5.41) is 3.88. The molecule has 30 heavy (non-hydrogen) atoms. The molecule has 0 unspecified atom stereocenters. The molecule has 1 aliphatic rings. The van der Waals surface area contributed by atoms with E-state index in [0.29, 0.717) is 37.9 Å². The molecule has 0 atom stereocenters. The number of carbonyl (C=O) groups excluding carboxylic acids is 1.